The van der Waals surface area contributed by atoms with E-state index in [0.717, 1.165) is 42.8 Å². The van der Waals surface area contributed by atoms with Crippen LogP contribution in [0.4, 0.5) is 11.4 Å². The van der Waals surface area contributed by atoms with Gasteiger partial charge in [0.1, 0.15) is 5.69 Å². The van der Waals surface area contributed by atoms with Crippen LogP contribution in [0.3, 0.4) is 0 Å². The molecule has 0 saturated heterocycles. The number of aliphatic hydroxyl groups excluding tert-OH is 1. The number of anilines is 1. The lowest BCUT2D eigenvalue weighted by Crippen LogP contribution is -2.19. The second-order valence-corrected chi connectivity index (χ2v) is 8.31. The van der Waals surface area contributed by atoms with E-state index in [1.165, 1.54) is 12.1 Å². The number of sulfone groups is 1. The topological polar surface area (TPSA) is 127 Å². The molecule has 0 spiro atoms. The number of nitro benzene ring substituents is 1. The third-order valence-electron chi connectivity index (χ3n) is 4.50. The Bertz CT molecular complexity index is 938. The number of hydrogen-bond donors (Lipinski definition) is 2. The molecule has 0 amide bonds. The van der Waals surface area contributed by atoms with E-state index in [0.29, 0.717) is 6.54 Å². The highest BCUT2D eigenvalue weighted by molar-refractivity contribution is 7.90. The third kappa shape index (κ3) is 3.56. The van der Waals surface area contributed by atoms with Crippen LogP contribution in [0.2, 0.25) is 0 Å². The Morgan fingerprint density at radius 1 is 1.46 bits per heavy atom. The van der Waals surface area contributed by atoms with Gasteiger partial charge in [0.25, 0.3) is 5.69 Å². The Balaban J connectivity index is 1.94. The average molecular weight is 380 g/mol. The van der Waals surface area contributed by atoms with Crippen molar-refractivity contribution >= 4 is 21.2 Å². The molecule has 1 aliphatic carbocycles. The molecule has 1 unspecified atom stereocenters. The van der Waals surface area contributed by atoms with Gasteiger partial charge in [-0.3, -0.25) is 14.8 Å². The molecule has 3 rings (SSSR count). The van der Waals surface area contributed by atoms with Crippen molar-refractivity contribution < 1.29 is 18.4 Å². The summed E-state index contributed by atoms with van der Waals surface area (Å²) < 4.78 is 25.1. The van der Waals surface area contributed by atoms with E-state index >= 15 is 0 Å². The first-order valence-corrected chi connectivity index (χ1v) is 10.1. The quantitative estimate of drug-likeness (QED) is 0.576. The van der Waals surface area contributed by atoms with Gasteiger partial charge in [0.2, 0.25) is 0 Å². The average Bonchev–Trinajstić information content (AvgIpc) is 2.98. The van der Waals surface area contributed by atoms with Crippen LogP contribution in [0.5, 0.6) is 0 Å². The Morgan fingerprint density at radius 2 is 2.23 bits per heavy atom. The van der Waals surface area contributed by atoms with Crippen LogP contribution in [-0.2, 0) is 22.8 Å². The SMILES string of the molecule is CS(=O)(=O)c1ccc(NC2CCCc3c2cnn3CCO)c([N+](=O)[O-])c1. The molecule has 2 aromatic rings. The summed E-state index contributed by atoms with van der Waals surface area (Å²) in [5.41, 5.74) is 1.96. The van der Waals surface area contributed by atoms with E-state index in [1.54, 1.807) is 10.9 Å². The van der Waals surface area contributed by atoms with Crippen molar-refractivity contribution in [1.29, 1.82) is 0 Å². The maximum absolute atomic E-state index is 11.7. The van der Waals surface area contributed by atoms with Gasteiger partial charge in [0, 0.05) is 23.6 Å². The highest BCUT2D eigenvalue weighted by atomic mass is 32.2. The number of nitrogens with one attached hydrogen (secondary N) is 1. The van der Waals surface area contributed by atoms with Crippen LogP contribution in [0, 0.1) is 10.1 Å². The van der Waals surface area contributed by atoms with Crippen molar-refractivity contribution in [2.75, 3.05) is 18.2 Å². The molecule has 0 radical (unpaired) electrons. The van der Waals surface area contributed by atoms with Gasteiger partial charge in [-0.1, -0.05) is 0 Å². The van der Waals surface area contributed by atoms with Crippen LogP contribution >= 0.6 is 0 Å². The van der Waals surface area contributed by atoms with Crippen LogP contribution in [0.25, 0.3) is 0 Å². The largest absolute Gasteiger partial charge is 0.394 e. The molecule has 1 aliphatic rings. The Labute approximate surface area is 150 Å². The van der Waals surface area contributed by atoms with Crippen LogP contribution in [0.15, 0.2) is 29.3 Å². The number of aliphatic hydroxyl groups is 1. The maximum atomic E-state index is 11.7. The van der Waals surface area contributed by atoms with E-state index in [4.69, 9.17) is 5.11 Å². The molecule has 140 valence electrons. The summed E-state index contributed by atoms with van der Waals surface area (Å²) in [6.07, 6.45) is 5.24. The molecule has 0 fully saturated rings. The predicted octanol–water partition coefficient (Wildman–Crippen LogP) is 1.68. The van der Waals surface area contributed by atoms with Gasteiger partial charge in [-0.15, -0.1) is 0 Å². The van der Waals surface area contributed by atoms with E-state index < -0.39 is 14.8 Å². The molecule has 0 bridgehead atoms. The van der Waals surface area contributed by atoms with Crippen LogP contribution in [0.1, 0.15) is 30.1 Å². The Morgan fingerprint density at radius 3 is 2.88 bits per heavy atom. The molecular formula is C16H20N4O5S. The lowest BCUT2D eigenvalue weighted by atomic mass is 9.92. The van der Waals surface area contributed by atoms with Crippen molar-refractivity contribution in [3.8, 4) is 0 Å². The number of fused-ring (bicyclic) bond motifs is 1. The standard InChI is InChI=1S/C16H20N4O5S/c1-26(24,25)11-5-6-14(16(9-11)20(22)23)18-13-3-2-4-15-12(13)10-17-19(15)7-8-21/h5-6,9-10,13,18,21H,2-4,7-8H2,1H3. The van der Waals surface area contributed by atoms with Gasteiger partial charge in [0.05, 0.1) is 35.2 Å². The predicted molar refractivity (Wildman–Crippen MR) is 94.8 cm³/mol. The van der Waals surface area contributed by atoms with Gasteiger partial charge in [-0.05, 0) is 31.4 Å². The van der Waals surface area contributed by atoms with Crippen molar-refractivity contribution in [1.82, 2.24) is 9.78 Å². The van der Waals surface area contributed by atoms with E-state index in [-0.39, 0.29) is 28.9 Å². The third-order valence-corrected chi connectivity index (χ3v) is 5.61. The van der Waals surface area contributed by atoms with E-state index in [9.17, 15) is 18.5 Å². The van der Waals surface area contributed by atoms with Crippen LogP contribution < -0.4 is 5.32 Å². The fourth-order valence-electron chi connectivity index (χ4n) is 3.26. The normalized spacial score (nSPS) is 16.9. The highest BCUT2D eigenvalue weighted by Gasteiger charge is 2.27. The molecule has 1 heterocycles. The second kappa shape index (κ2) is 7.04. The number of aromatic nitrogens is 2. The first-order chi connectivity index (χ1) is 12.3. The van der Waals surface area contributed by atoms with Crippen molar-refractivity contribution in [2.45, 2.75) is 36.7 Å². The Kier molecular flexibility index (Phi) is 4.97. The zero-order valence-corrected chi connectivity index (χ0v) is 15.1. The maximum Gasteiger partial charge on any atom is 0.293 e. The fourth-order valence-corrected chi connectivity index (χ4v) is 3.90. The van der Waals surface area contributed by atoms with E-state index in [2.05, 4.69) is 10.4 Å². The zero-order chi connectivity index (χ0) is 18.9. The molecule has 0 saturated carbocycles. The van der Waals surface area contributed by atoms with Gasteiger partial charge in [0.15, 0.2) is 9.84 Å². The highest BCUT2D eigenvalue weighted by Crippen LogP contribution is 2.36. The molecular weight excluding hydrogens is 360 g/mol. The minimum Gasteiger partial charge on any atom is -0.394 e. The number of nitro groups is 1. The minimum absolute atomic E-state index is 0.00928. The zero-order valence-electron chi connectivity index (χ0n) is 14.3. The molecule has 1 aromatic carbocycles. The van der Waals surface area contributed by atoms with Crippen LogP contribution in [-0.4, -0.2) is 41.1 Å². The monoisotopic (exact) mass is 380 g/mol. The summed E-state index contributed by atoms with van der Waals surface area (Å²) in [5, 5.41) is 28.0. The smallest absolute Gasteiger partial charge is 0.293 e. The second-order valence-electron chi connectivity index (χ2n) is 6.29. The minimum atomic E-state index is -3.53. The number of hydrogen-bond acceptors (Lipinski definition) is 7. The van der Waals surface area contributed by atoms with Gasteiger partial charge in [-0.25, -0.2) is 8.42 Å². The summed E-state index contributed by atoms with van der Waals surface area (Å²) in [7, 11) is -3.53. The number of rotatable bonds is 6. The first-order valence-electron chi connectivity index (χ1n) is 8.21. The van der Waals surface area contributed by atoms with Gasteiger partial charge in [-0.2, -0.15) is 5.10 Å². The molecule has 1 aromatic heterocycles. The van der Waals surface area contributed by atoms with Crippen molar-refractivity contribution in [3.63, 3.8) is 0 Å². The summed E-state index contributed by atoms with van der Waals surface area (Å²) in [6.45, 7) is 0.399. The summed E-state index contributed by atoms with van der Waals surface area (Å²) in [5.74, 6) is 0. The summed E-state index contributed by atoms with van der Waals surface area (Å²) >= 11 is 0. The van der Waals surface area contributed by atoms with Crippen molar-refractivity contribution in [2.24, 2.45) is 0 Å². The molecule has 9 nitrogen and oxygen atoms in total. The molecule has 26 heavy (non-hydrogen) atoms. The fraction of sp³-hybridized carbons (Fsp3) is 0.438. The van der Waals surface area contributed by atoms with E-state index in [1.807, 2.05) is 0 Å². The molecule has 2 N–H and O–H groups in total. The molecule has 10 heteroatoms. The summed E-state index contributed by atoms with van der Waals surface area (Å²) in [6, 6.07) is 3.72. The van der Waals surface area contributed by atoms with Crippen molar-refractivity contribution in [3.05, 3.63) is 45.8 Å². The van der Waals surface area contributed by atoms with Gasteiger partial charge < -0.3 is 10.4 Å². The Hall–Kier alpha value is -2.46. The summed E-state index contributed by atoms with van der Waals surface area (Å²) in [4.78, 5) is 10.7. The first kappa shape index (κ1) is 18.3. The number of benzene rings is 1. The van der Waals surface area contributed by atoms with Gasteiger partial charge >= 0.3 is 0 Å². The molecule has 0 aliphatic heterocycles. The number of nitrogens with zero attached hydrogens (tertiary/aromatic N) is 3. The lowest BCUT2D eigenvalue weighted by molar-refractivity contribution is -0.384. The molecule has 1 atom stereocenters. The lowest BCUT2D eigenvalue weighted by Gasteiger charge is -2.25.